The van der Waals surface area contributed by atoms with Gasteiger partial charge in [-0.05, 0) is 25.4 Å². The Morgan fingerprint density at radius 2 is 2.33 bits per heavy atom. The first-order chi connectivity index (χ1) is 12.1. The molecular formula is C15H15N3O3. The van der Waals surface area contributed by atoms with E-state index in [4.69, 9.17) is 12.6 Å². The van der Waals surface area contributed by atoms with Crippen molar-refractivity contribution in [1.82, 2.24) is 9.55 Å². The number of nitrogens with zero attached hydrogens (tertiary/aromatic N) is 2. The lowest BCUT2D eigenvalue weighted by atomic mass is 9.92. The largest absolute Gasteiger partial charge is 0.398 e. The first-order valence-electron chi connectivity index (χ1n) is 8.95. The molecule has 1 aromatic carbocycles. The molecule has 1 fully saturated rings. The van der Waals surface area contributed by atoms with Crippen LogP contribution >= 0.6 is 0 Å². The normalized spacial score (nSPS) is 29.8. The standard InChI is InChI=1S/C15H15N3O3/c1-8-17-11-4-2-3-10(16)14(11)15(21)18(8)12-6-5-9(19)7-13(12)20/h2-4,12H,5-7,16H2,1H3/i1D2,2D,5D,12D. The zero-order chi connectivity index (χ0) is 19.4. The van der Waals surface area contributed by atoms with E-state index in [2.05, 4.69) is 4.98 Å². The highest BCUT2D eigenvalue weighted by molar-refractivity contribution is 6.03. The molecular weight excluding hydrogens is 270 g/mol. The Morgan fingerprint density at radius 1 is 1.52 bits per heavy atom. The lowest BCUT2D eigenvalue weighted by Crippen LogP contribution is -2.36. The van der Waals surface area contributed by atoms with E-state index in [1.807, 2.05) is 0 Å². The number of fused-ring (bicyclic) bond motifs is 1. The molecule has 6 nitrogen and oxygen atoms in total. The van der Waals surface area contributed by atoms with Crippen LogP contribution in [0.2, 0.25) is 0 Å². The average Bonchev–Trinajstić information content (AvgIpc) is 2.51. The zero-order valence-corrected chi connectivity index (χ0v) is 10.9. The van der Waals surface area contributed by atoms with Crippen molar-refractivity contribution in [2.24, 2.45) is 0 Å². The highest BCUT2D eigenvalue weighted by Crippen LogP contribution is 2.24. The fraction of sp³-hybridized carbons (Fsp3) is 0.333. The highest BCUT2D eigenvalue weighted by atomic mass is 16.2. The van der Waals surface area contributed by atoms with Gasteiger partial charge >= 0.3 is 0 Å². The minimum Gasteiger partial charge on any atom is -0.398 e. The topological polar surface area (TPSA) is 95.0 Å². The van der Waals surface area contributed by atoms with Gasteiger partial charge in [0, 0.05) is 16.2 Å². The molecule has 0 spiro atoms. The summed E-state index contributed by atoms with van der Waals surface area (Å²) in [7, 11) is 0. The molecule has 1 aliphatic rings. The molecule has 2 aromatic rings. The van der Waals surface area contributed by atoms with E-state index in [-0.39, 0.29) is 22.6 Å². The number of Topliss-reactive ketones (excluding diaryl/α,β-unsaturated/α-hetero) is 2. The van der Waals surface area contributed by atoms with Gasteiger partial charge in [-0.3, -0.25) is 19.0 Å². The number of carbonyl (C=O) groups is 2. The fourth-order valence-electron chi connectivity index (χ4n) is 2.35. The fourth-order valence-corrected chi connectivity index (χ4v) is 2.35. The number of hydrogen-bond acceptors (Lipinski definition) is 5. The van der Waals surface area contributed by atoms with Gasteiger partial charge in [-0.25, -0.2) is 4.98 Å². The summed E-state index contributed by atoms with van der Waals surface area (Å²) in [6.45, 7) is -1.81. The van der Waals surface area contributed by atoms with E-state index < -0.39 is 55.1 Å². The van der Waals surface area contributed by atoms with Crippen LogP contribution in [0.3, 0.4) is 0 Å². The molecule has 2 unspecified atom stereocenters. The number of carbonyl (C=O) groups excluding carboxylic acids is 2. The van der Waals surface area contributed by atoms with Crippen molar-refractivity contribution in [3.8, 4) is 0 Å². The summed E-state index contributed by atoms with van der Waals surface area (Å²) in [6, 6.07) is 0.104. The molecule has 0 amide bonds. The molecule has 1 aromatic heterocycles. The SMILES string of the molecule is [2H]c1cc(N)c2c(=O)n(C3([2H])CC([2H])C(=O)CC3=O)c(C([2H])[2H])nc2c1. The lowest BCUT2D eigenvalue weighted by molar-refractivity contribution is -0.132. The Bertz CT molecular complexity index is 1010. The van der Waals surface area contributed by atoms with Gasteiger partial charge in [-0.15, -0.1) is 0 Å². The van der Waals surface area contributed by atoms with E-state index in [0.717, 1.165) is 0 Å². The van der Waals surface area contributed by atoms with Crippen LogP contribution < -0.4 is 11.3 Å². The predicted molar refractivity (Wildman–Crippen MR) is 78.1 cm³/mol. The maximum absolute atomic E-state index is 13.0. The number of hydrogen-bond donors (Lipinski definition) is 1. The molecule has 6 heteroatoms. The van der Waals surface area contributed by atoms with E-state index in [9.17, 15) is 14.4 Å². The van der Waals surface area contributed by atoms with Crippen molar-refractivity contribution in [3.05, 3.63) is 34.4 Å². The summed E-state index contributed by atoms with van der Waals surface area (Å²) in [5.74, 6) is -2.02. The van der Waals surface area contributed by atoms with Crippen LogP contribution in [0.5, 0.6) is 0 Å². The van der Waals surface area contributed by atoms with Crippen LogP contribution in [0.1, 0.15) is 37.9 Å². The molecule has 1 aliphatic carbocycles. The van der Waals surface area contributed by atoms with Gasteiger partial charge in [-0.2, -0.15) is 0 Å². The molecule has 0 bridgehead atoms. The zero-order valence-electron chi connectivity index (χ0n) is 15.9. The van der Waals surface area contributed by atoms with Crippen molar-refractivity contribution in [2.45, 2.75) is 32.1 Å². The van der Waals surface area contributed by atoms with Crippen LogP contribution in [-0.4, -0.2) is 21.1 Å². The number of nitrogens with two attached hydrogens (primary N) is 1. The first kappa shape index (κ1) is 8.71. The third kappa shape index (κ3) is 2.12. The molecule has 0 saturated heterocycles. The van der Waals surface area contributed by atoms with E-state index in [1.165, 1.54) is 12.1 Å². The molecule has 0 aliphatic heterocycles. The molecule has 2 atom stereocenters. The van der Waals surface area contributed by atoms with Crippen molar-refractivity contribution in [2.75, 3.05) is 5.73 Å². The van der Waals surface area contributed by atoms with Gasteiger partial charge in [0.05, 0.1) is 26.1 Å². The second-order valence-electron chi connectivity index (χ2n) is 4.70. The maximum Gasteiger partial charge on any atom is 0.264 e. The van der Waals surface area contributed by atoms with Gasteiger partial charge in [0.2, 0.25) is 0 Å². The molecule has 1 heterocycles. The van der Waals surface area contributed by atoms with Crippen molar-refractivity contribution < 1.29 is 16.4 Å². The Labute approximate surface area is 127 Å². The predicted octanol–water partition coefficient (Wildman–Crippen LogP) is 1.15. The quantitative estimate of drug-likeness (QED) is 0.628. The van der Waals surface area contributed by atoms with Crippen LogP contribution in [0.15, 0.2) is 23.0 Å². The minimum atomic E-state index is -2.32. The Balaban J connectivity index is 2.40. The van der Waals surface area contributed by atoms with Gasteiger partial charge in [0.25, 0.3) is 5.56 Å². The Morgan fingerprint density at radius 3 is 3.10 bits per heavy atom. The van der Waals surface area contributed by atoms with Crippen LogP contribution in [0.25, 0.3) is 10.9 Å². The molecule has 3 rings (SSSR count). The summed E-state index contributed by atoms with van der Waals surface area (Å²) < 4.78 is 39.8. The van der Waals surface area contributed by atoms with Crippen LogP contribution in [-0.2, 0) is 9.59 Å². The smallest absolute Gasteiger partial charge is 0.264 e. The summed E-state index contributed by atoms with van der Waals surface area (Å²) in [5.41, 5.74) is 4.81. The number of nitrogen functional groups attached to an aromatic ring is 1. The maximum atomic E-state index is 13.0. The second-order valence-corrected chi connectivity index (χ2v) is 4.70. The molecule has 108 valence electrons. The Hall–Kier alpha value is -2.50. The number of aryl methyl sites for hydroxylation is 1. The lowest BCUT2D eigenvalue weighted by Gasteiger charge is -2.24. The number of aromatic nitrogens is 2. The summed E-state index contributed by atoms with van der Waals surface area (Å²) >= 11 is 0. The van der Waals surface area contributed by atoms with E-state index in [0.29, 0.717) is 4.57 Å². The van der Waals surface area contributed by atoms with Gasteiger partial charge in [-0.1, -0.05) is 6.04 Å². The van der Waals surface area contributed by atoms with Crippen LogP contribution in [0, 0.1) is 6.88 Å². The van der Waals surface area contributed by atoms with Crippen LogP contribution in [0.4, 0.5) is 5.69 Å². The number of benzene rings is 1. The number of rotatable bonds is 1. The van der Waals surface area contributed by atoms with E-state index >= 15 is 0 Å². The second kappa shape index (κ2) is 4.80. The van der Waals surface area contributed by atoms with Gasteiger partial charge < -0.3 is 5.73 Å². The molecule has 0 radical (unpaired) electrons. The Kier molecular flexibility index (Phi) is 1.99. The molecule has 21 heavy (non-hydrogen) atoms. The van der Waals surface area contributed by atoms with Gasteiger partial charge in [0.1, 0.15) is 11.6 Å². The highest BCUT2D eigenvalue weighted by Gasteiger charge is 2.30. The van der Waals surface area contributed by atoms with E-state index in [1.54, 1.807) is 0 Å². The average molecular weight is 290 g/mol. The summed E-state index contributed by atoms with van der Waals surface area (Å²) in [4.78, 5) is 41.1. The third-order valence-electron chi connectivity index (χ3n) is 3.33. The van der Waals surface area contributed by atoms with Crippen molar-refractivity contribution in [1.29, 1.82) is 0 Å². The van der Waals surface area contributed by atoms with Crippen molar-refractivity contribution in [3.63, 3.8) is 0 Å². The number of anilines is 1. The third-order valence-corrected chi connectivity index (χ3v) is 3.33. The monoisotopic (exact) mass is 290 g/mol. The van der Waals surface area contributed by atoms with Crippen molar-refractivity contribution >= 4 is 28.2 Å². The summed E-state index contributed by atoms with van der Waals surface area (Å²) in [6.07, 6.45) is -2.62. The molecule has 2 N–H and O–H groups in total. The first-order valence-corrected chi connectivity index (χ1v) is 6.22. The van der Waals surface area contributed by atoms with Gasteiger partial charge in [0.15, 0.2) is 5.78 Å². The summed E-state index contributed by atoms with van der Waals surface area (Å²) in [5, 5.41) is -0.136. The number of ketones is 2. The minimum absolute atomic E-state index is 0.0129. The molecule has 1 saturated carbocycles.